The Hall–Kier alpha value is -0.200. The summed E-state index contributed by atoms with van der Waals surface area (Å²) in [6.07, 6.45) is 0.739. The normalized spacial score (nSPS) is 13.7. The Balaban J connectivity index is 4.36. The molecule has 0 spiro atoms. The van der Waals surface area contributed by atoms with E-state index in [0.29, 0.717) is 26.4 Å². The lowest BCUT2D eigenvalue weighted by Gasteiger charge is -2.33. The number of ether oxygens (including phenoxy) is 2. The van der Waals surface area contributed by atoms with Gasteiger partial charge in [0.1, 0.15) is 0 Å². The molecule has 0 unspecified atom stereocenters. The summed E-state index contributed by atoms with van der Waals surface area (Å²) < 4.78 is 11.4. The Morgan fingerprint density at radius 2 is 1.05 bits per heavy atom. The van der Waals surface area contributed by atoms with Gasteiger partial charge in [-0.2, -0.15) is 0 Å². The number of rotatable bonds is 12. The molecule has 0 radical (unpaired) electrons. The third-order valence-corrected chi connectivity index (χ3v) is 3.74. The van der Waals surface area contributed by atoms with Crippen LogP contribution in [0.2, 0.25) is 0 Å². The molecule has 0 bridgehead atoms. The van der Waals surface area contributed by atoms with Gasteiger partial charge in [-0.05, 0) is 6.42 Å². The molecular formula is C16H34O5. The van der Waals surface area contributed by atoms with Crippen molar-refractivity contribution in [3.05, 3.63) is 0 Å². The molecule has 0 aliphatic heterocycles. The SMILES string of the molecule is CCC(CO)(COCC(C)(C)CO)COCC(C)(C)CO. The third-order valence-electron chi connectivity index (χ3n) is 3.74. The first-order chi connectivity index (χ1) is 9.66. The van der Waals surface area contributed by atoms with Gasteiger partial charge in [0.05, 0.1) is 46.2 Å². The lowest BCUT2D eigenvalue weighted by atomic mass is 9.87. The van der Waals surface area contributed by atoms with Crippen molar-refractivity contribution in [2.24, 2.45) is 16.2 Å². The predicted molar refractivity (Wildman–Crippen MR) is 83.2 cm³/mol. The van der Waals surface area contributed by atoms with Gasteiger partial charge in [-0.15, -0.1) is 0 Å². The molecule has 21 heavy (non-hydrogen) atoms. The fourth-order valence-electron chi connectivity index (χ4n) is 1.63. The summed E-state index contributed by atoms with van der Waals surface area (Å²) in [4.78, 5) is 0. The van der Waals surface area contributed by atoms with E-state index in [1.165, 1.54) is 0 Å². The van der Waals surface area contributed by atoms with Crippen LogP contribution in [-0.4, -0.2) is 61.6 Å². The van der Waals surface area contributed by atoms with E-state index in [1.54, 1.807) is 0 Å². The Kier molecular flexibility index (Phi) is 8.97. The van der Waals surface area contributed by atoms with Crippen LogP contribution in [0, 0.1) is 16.2 Å². The molecule has 0 aliphatic rings. The summed E-state index contributed by atoms with van der Waals surface area (Å²) in [6.45, 7) is 11.5. The minimum Gasteiger partial charge on any atom is -0.396 e. The maximum Gasteiger partial charge on any atom is 0.0566 e. The van der Waals surface area contributed by atoms with Gasteiger partial charge in [-0.1, -0.05) is 34.6 Å². The first-order valence-electron chi connectivity index (χ1n) is 7.64. The third kappa shape index (κ3) is 8.12. The van der Waals surface area contributed by atoms with Crippen LogP contribution in [0.1, 0.15) is 41.0 Å². The van der Waals surface area contributed by atoms with Crippen LogP contribution in [0.4, 0.5) is 0 Å². The van der Waals surface area contributed by atoms with E-state index in [9.17, 15) is 15.3 Å². The molecule has 0 saturated heterocycles. The fraction of sp³-hybridized carbons (Fsp3) is 1.00. The molecule has 0 aromatic heterocycles. The Bertz CT molecular complexity index is 248. The second-order valence-corrected chi connectivity index (χ2v) is 7.64. The van der Waals surface area contributed by atoms with E-state index >= 15 is 0 Å². The summed E-state index contributed by atoms with van der Waals surface area (Å²) in [6, 6.07) is 0. The average molecular weight is 306 g/mol. The predicted octanol–water partition coefficient (Wildman–Crippen LogP) is 1.45. The maximum atomic E-state index is 9.69. The molecule has 128 valence electrons. The van der Waals surface area contributed by atoms with Crippen LogP contribution in [0.15, 0.2) is 0 Å². The van der Waals surface area contributed by atoms with Gasteiger partial charge in [0, 0.05) is 16.2 Å². The highest BCUT2D eigenvalue weighted by Gasteiger charge is 2.30. The van der Waals surface area contributed by atoms with Gasteiger partial charge in [-0.3, -0.25) is 0 Å². The van der Waals surface area contributed by atoms with Crippen LogP contribution in [0.3, 0.4) is 0 Å². The number of hydrogen-bond donors (Lipinski definition) is 3. The second-order valence-electron chi connectivity index (χ2n) is 7.64. The van der Waals surface area contributed by atoms with E-state index in [2.05, 4.69) is 0 Å². The summed E-state index contributed by atoms with van der Waals surface area (Å²) in [5.74, 6) is 0. The van der Waals surface area contributed by atoms with Gasteiger partial charge >= 0.3 is 0 Å². The van der Waals surface area contributed by atoms with E-state index in [4.69, 9.17) is 9.47 Å². The zero-order valence-corrected chi connectivity index (χ0v) is 14.3. The lowest BCUT2D eigenvalue weighted by Crippen LogP contribution is -2.38. The highest BCUT2D eigenvalue weighted by molar-refractivity contribution is 4.78. The van der Waals surface area contributed by atoms with Gasteiger partial charge in [0.2, 0.25) is 0 Å². The molecule has 0 rings (SSSR count). The lowest BCUT2D eigenvalue weighted by molar-refractivity contribution is -0.0851. The Morgan fingerprint density at radius 3 is 1.29 bits per heavy atom. The molecular weight excluding hydrogens is 272 g/mol. The van der Waals surface area contributed by atoms with Gasteiger partial charge in [-0.25, -0.2) is 0 Å². The first kappa shape index (κ1) is 20.8. The monoisotopic (exact) mass is 306 g/mol. The quantitative estimate of drug-likeness (QED) is 0.508. The van der Waals surface area contributed by atoms with Crippen molar-refractivity contribution in [2.75, 3.05) is 46.2 Å². The number of hydrogen-bond acceptors (Lipinski definition) is 5. The minimum absolute atomic E-state index is 0.0113. The fourth-order valence-corrected chi connectivity index (χ4v) is 1.63. The second kappa shape index (κ2) is 9.06. The maximum absolute atomic E-state index is 9.69. The summed E-state index contributed by atoms with van der Waals surface area (Å²) in [7, 11) is 0. The van der Waals surface area contributed by atoms with Gasteiger partial charge < -0.3 is 24.8 Å². The van der Waals surface area contributed by atoms with E-state index < -0.39 is 5.41 Å². The molecule has 0 amide bonds. The van der Waals surface area contributed by atoms with E-state index in [0.717, 1.165) is 6.42 Å². The number of aliphatic hydroxyl groups is 3. The van der Waals surface area contributed by atoms with Crippen LogP contribution < -0.4 is 0 Å². The van der Waals surface area contributed by atoms with Crippen molar-refractivity contribution in [3.63, 3.8) is 0 Å². The molecule has 0 heterocycles. The average Bonchev–Trinajstić information content (AvgIpc) is 2.45. The van der Waals surface area contributed by atoms with Crippen molar-refractivity contribution in [2.45, 2.75) is 41.0 Å². The number of aliphatic hydroxyl groups excluding tert-OH is 3. The van der Waals surface area contributed by atoms with Gasteiger partial charge in [0.25, 0.3) is 0 Å². The Morgan fingerprint density at radius 1 is 0.667 bits per heavy atom. The highest BCUT2D eigenvalue weighted by atomic mass is 16.5. The molecule has 0 fully saturated rings. The van der Waals surface area contributed by atoms with Gasteiger partial charge in [0.15, 0.2) is 0 Å². The minimum atomic E-state index is -0.433. The van der Waals surface area contributed by atoms with Crippen molar-refractivity contribution >= 4 is 0 Å². The molecule has 0 atom stereocenters. The summed E-state index contributed by atoms with van der Waals surface area (Å²) in [5, 5.41) is 28.1. The molecule has 5 nitrogen and oxygen atoms in total. The summed E-state index contributed by atoms with van der Waals surface area (Å²) in [5.41, 5.74) is -1.000. The van der Waals surface area contributed by atoms with Crippen LogP contribution >= 0.6 is 0 Å². The first-order valence-corrected chi connectivity index (χ1v) is 7.64. The molecule has 0 saturated carbocycles. The van der Waals surface area contributed by atoms with Crippen molar-refractivity contribution in [3.8, 4) is 0 Å². The molecule has 0 aromatic rings. The molecule has 3 N–H and O–H groups in total. The van der Waals surface area contributed by atoms with Crippen LogP contribution in [0.5, 0.6) is 0 Å². The highest BCUT2D eigenvalue weighted by Crippen LogP contribution is 2.25. The molecule has 0 aliphatic carbocycles. The topological polar surface area (TPSA) is 79.2 Å². The molecule has 0 aromatic carbocycles. The zero-order chi connectivity index (χ0) is 16.6. The van der Waals surface area contributed by atoms with Crippen molar-refractivity contribution in [1.29, 1.82) is 0 Å². The van der Waals surface area contributed by atoms with E-state index in [1.807, 2.05) is 34.6 Å². The Labute approximate surface area is 129 Å². The molecule has 5 heteroatoms. The summed E-state index contributed by atoms with van der Waals surface area (Å²) >= 11 is 0. The van der Waals surface area contributed by atoms with Crippen molar-refractivity contribution < 1.29 is 24.8 Å². The standard InChI is InChI=1S/C16H34O5/c1-6-16(9-19,12-20-10-14(2,3)7-17)13-21-11-15(4,5)8-18/h17-19H,6-13H2,1-5H3. The van der Waals surface area contributed by atoms with Crippen LogP contribution in [-0.2, 0) is 9.47 Å². The largest absolute Gasteiger partial charge is 0.396 e. The smallest absolute Gasteiger partial charge is 0.0566 e. The van der Waals surface area contributed by atoms with Crippen LogP contribution in [0.25, 0.3) is 0 Å². The van der Waals surface area contributed by atoms with Crippen molar-refractivity contribution in [1.82, 2.24) is 0 Å². The van der Waals surface area contributed by atoms with E-state index in [-0.39, 0.29) is 30.7 Å². The zero-order valence-electron chi connectivity index (χ0n) is 14.3.